The second-order valence-corrected chi connectivity index (χ2v) is 4.89. The normalized spacial score (nSPS) is 21.6. The predicted octanol–water partition coefficient (Wildman–Crippen LogP) is 2.62. The first kappa shape index (κ1) is 14.7. The van der Waals surface area contributed by atoms with E-state index >= 15 is 0 Å². The molecule has 4 nitrogen and oxygen atoms in total. The maximum absolute atomic E-state index is 11.6. The molecule has 20 heavy (non-hydrogen) atoms. The molecule has 108 valence electrons. The molecule has 0 aromatic heterocycles. The van der Waals surface area contributed by atoms with Crippen LogP contribution in [0.3, 0.4) is 0 Å². The maximum atomic E-state index is 11.6. The van der Waals surface area contributed by atoms with Crippen molar-refractivity contribution in [1.29, 1.82) is 0 Å². The molecule has 2 atom stereocenters. The van der Waals surface area contributed by atoms with Gasteiger partial charge in [-0.25, -0.2) is 0 Å². The Kier molecular flexibility index (Phi) is 5.74. The highest BCUT2D eigenvalue weighted by Gasteiger charge is 2.23. The number of hydrogen-bond donors (Lipinski definition) is 0. The van der Waals surface area contributed by atoms with Gasteiger partial charge in [0.2, 0.25) is 0 Å². The Morgan fingerprint density at radius 1 is 1.30 bits per heavy atom. The van der Waals surface area contributed by atoms with Gasteiger partial charge in [-0.1, -0.05) is 30.3 Å². The molecular weight excluding hydrogens is 254 g/mol. The number of rotatable bonds is 6. The molecule has 2 rings (SSSR count). The molecule has 0 fully saturated rings. The van der Waals surface area contributed by atoms with Crippen LogP contribution in [-0.4, -0.2) is 31.4 Å². The smallest absolute Gasteiger partial charge is 0.314 e. The fourth-order valence-electron chi connectivity index (χ4n) is 2.19. The minimum absolute atomic E-state index is 0.157. The van der Waals surface area contributed by atoms with Gasteiger partial charge in [-0.2, -0.15) is 0 Å². The standard InChI is InChI=1S/C16H21NO3/c1-2-20-16(18)14-8-9-15(17-10-14)12-19-11-13-6-4-3-5-7-13/h3-7,10,14-15H,2,8-9,11-12H2,1H3. The Balaban J connectivity index is 1.71. The van der Waals surface area contributed by atoms with E-state index in [1.807, 2.05) is 37.3 Å². The molecule has 0 saturated heterocycles. The topological polar surface area (TPSA) is 47.9 Å². The second-order valence-electron chi connectivity index (χ2n) is 4.89. The van der Waals surface area contributed by atoms with Gasteiger partial charge in [0.05, 0.1) is 31.8 Å². The number of carbonyl (C=O) groups is 1. The SMILES string of the molecule is CCOC(=O)C1C=NC(COCc2ccccc2)CC1. The first-order valence-electron chi connectivity index (χ1n) is 7.11. The van der Waals surface area contributed by atoms with Crippen LogP contribution in [0.15, 0.2) is 35.3 Å². The zero-order chi connectivity index (χ0) is 14.2. The van der Waals surface area contributed by atoms with Gasteiger partial charge in [0, 0.05) is 6.21 Å². The van der Waals surface area contributed by atoms with Crippen LogP contribution in [0.2, 0.25) is 0 Å². The Hall–Kier alpha value is -1.68. The van der Waals surface area contributed by atoms with Gasteiger partial charge >= 0.3 is 5.97 Å². The number of carbonyl (C=O) groups excluding carboxylic acids is 1. The van der Waals surface area contributed by atoms with Crippen LogP contribution in [0.5, 0.6) is 0 Å². The van der Waals surface area contributed by atoms with Crippen molar-refractivity contribution < 1.29 is 14.3 Å². The predicted molar refractivity (Wildman–Crippen MR) is 77.7 cm³/mol. The van der Waals surface area contributed by atoms with Crippen molar-refractivity contribution >= 4 is 12.2 Å². The summed E-state index contributed by atoms with van der Waals surface area (Å²) in [7, 11) is 0. The lowest BCUT2D eigenvalue weighted by atomic mass is 9.98. The molecule has 4 heteroatoms. The molecule has 0 bridgehead atoms. The van der Waals surface area contributed by atoms with Gasteiger partial charge in [-0.3, -0.25) is 9.79 Å². The Bertz CT molecular complexity index is 444. The van der Waals surface area contributed by atoms with E-state index in [0.29, 0.717) is 19.8 Å². The second kappa shape index (κ2) is 7.80. The Morgan fingerprint density at radius 2 is 2.10 bits per heavy atom. The van der Waals surface area contributed by atoms with Crippen molar-refractivity contribution in [3.05, 3.63) is 35.9 Å². The summed E-state index contributed by atoms with van der Waals surface area (Å²) in [5.74, 6) is -0.347. The van der Waals surface area contributed by atoms with E-state index in [4.69, 9.17) is 9.47 Å². The monoisotopic (exact) mass is 275 g/mol. The van der Waals surface area contributed by atoms with E-state index in [2.05, 4.69) is 4.99 Å². The van der Waals surface area contributed by atoms with Crippen molar-refractivity contribution in [2.24, 2.45) is 10.9 Å². The third-order valence-electron chi connectivity index (χ3n) is 3.30. The van der Waals surface area contributed by atoms with E-state index in [1.54, 1.807) is 6.21 Å². The third kappa shape index (κ3) is 4.46. The lowest BCUT2D eigenvalue weighted by Crippen LogP contribution is -2.27. The van der Waals surface area contributed by atoms with Gasteiger partial charge in [-0.05, 0) is 25.3 Å². The van der Waals surface area contributed by atoms with Crippen LogP contribution in [0, 0.1) is 5.92 Å². The highest BCUT2D eigenvalue weighted by molar-refractivity contribution is 5.90. The van der Waals surface area contributed by atoms with Crippen molar-refractivity contribution in [1.82, 2.24) is 0 Å². The van der Waals surface area contributed by atoms with E-state index in [9.17, 15) is 4.79 Å². The summed E-state index contributed by atoms with van der Waals surface area (Å²) in [4.78, 5) is 16.0. The van der Waals surface area contributed by atoms with E-state index < -0.39 is 0 Å². The molecule has 2 unspecified atom stereocenters. The summed E-state index contributed by atoms with van der Waals surface area (Å²) in [6, 6.07) is 10.2. The van der Waals surface area contributed by atoms with Gasteiger partial charge in [0.25, 0.3) is 0 Å². The largest absolute Gasteiger partial charge is 0.465 e. The number of ether oxygens (including phenoxy) is 2. The van der Waals surface area contributed by atoms with Crippen molar-refractivity contribution in [2.45, 2.75) is 32.4 Å². The lowest BCUT2D eigenvalue weighted by molar-refractivity contribution is -0.145. The van der Waals surface area contributed by atoms with Crippen LogP contribution in [0.25, 0.3) is 0 Å². The first-order valence-corrected chi connectivity index (χ1v) is 7.11. The highest BCUT2D eigenvalue weighted by atomic mass is 16.5. The molecule has 0 spiro atoms. The molecule has 1 aromatic rings. The summed E-state index contributed by atoms with van der Waals surface area (Å²) in [6.07, 6.45) is 3.38. The van der Waals surface area contributed by atoms with Gasteiger partial charge in [0.15, 0.2) is 0 Å². The van der Waals surface area contributed by atoms with E-state index in [0.717, 1.165) is 18.4 Å². The zero-order valence-corrected chi connectivity index (χ0v) is 11.8. The zero-order valence-electron chi connectivity index (χ0n) is 11.8. The molecule has 1 heterocycles. The van der Waals surface area contributed by atoms with Gasteiger partial charge < -0.3 is 9.47 Å². The number of hydrogen-bond acceptors (Lipinski definition) is 4. The fraction of sp³-hybridized carbons (Fsp3) is 0.500. The summed E-state index contributed by atoms with van der Waals surface area (Å²) in [5.41, 5.74) is 1.16. The van der Waals surface area contributed by atoms with Crippen LogP contribution in [-0.2, 0) is 20.9 Å². The van der Waals surface area contributed by atoms with Crippen molar-refractivity contribution in [2.75, 3.05) is 13.2 Å². The molecular formula is C16H21NO3. The quantitative estimate of drug-likeness (QED) is 0.750. The van der Waals surface area contributed by atoms with Gasteiger partial charge in [0.1, 0.15) is 0 Å². The van der Waals surface area contributed by atoms with Crippen LogP contribution in [0.1, 0.15) is 25.3 Å². The first-order chi connectivity index (χ1) is 9.79. The molecule has 1 aliphatic heterocycles. The summed E-state index contributed by atoms with van der Waals surface area (Å²) >= 11 is 0. The van der Waals surface area contributed by atoms with Crippen LogP contribution < -0.4 is 0 Å². The molecule has 0 N–H and O–H groups in total. The average molecular weight is 275 g/mol. The number of aliphatic imine (C=N–C) groups is 1. The summed E-state index contributed by atoms with van der Waals surface area (Å²) < 4.78 is 10.7. The number of nitrogens with zero attached hydrogens (tertiary/aromatic N) is 1. The fourth-order valence-corrected chi connectivity index (χ4v) is 2.19. The summed E-state index contributed by atoms with van der Waals surface area (Å²) in [6.45, 7) is 3.44. The highest BCUT2D eigenvalue weighted by Crippen LogP contribution is 2.17. The molecule has 0 aliphatic carbocycles. The third-order valence-corrected chi connectivity index (χ3v) is 3.30. The van der Waals surface area contributed by atoms with E-state index in [1.165, 1.54) is 0 Å². The maximum Gasteiger partial charge on any atom is 0.314 e. The Morgan fingerprint density at radius 3 is 2.75 bits per heavy atom. The van der Waals surface area contributed by atoms with Gasteiger partial charge in [-0.15, -0.1) is 0 Å². The van der Waals surface area contributed by atoms with Crippen LogP contribution >= 0.6 is 0 Å². The average Bonchev–Trinajstić information content (AvgIpc) is 2.49. The lowest BCUT2D eigenvalue weighted by Gasteiger charge is -2.21. The molecule has 1 aliphatic rings. The van der Waals surface area contributed by atoms with Crippen molar-refractivity contribution in [3.8, 4) is 0 Å². The minimum atomic E-state index is -0.180. The Labute approximate surface area is 119 Å². The summed E-state index contributed by atoms with van der Waals surface area (Å²) in [5, 5.41) is 0. The van der Waals surface area contributed by atoms with E-state index in [-0.39, 0.29) is 17.9 Å². The number of benzene rings is 1. The van der Waals surface area contributed by atoms with Crippen molar-refractivity contribution in [3.63, 3.8) is 0 Å². The molecule has 0 radical (unpaired) electrons. The number of esters is 1. The molecule has 1 aromatic carbocycles. The minimum Gasteiger partial charge on any atom is -0.465 e. The van der Waals surface area contributed by atoms with Crippen LogP contribution in [0.4, 0.5) is 0 Å². The molecule has 0 amide bonds. The molecule has 0 saturated carbocycles.